The summed E-state index contributed by atoms with van der Waals surface area (Å²) in [5, 5.41) is 2.38. The molecular weight excluding hydrogens is 258 g/mol. The van der Waals surface area contributed by atoms with Gasteiger partial charge in [-0.25, -0.2) is 14.5 Å². The van der Waals surface area contributed by atoms with E-state index in [1.165, 1.54) is 11.3 Å². The van der Waals surface area contributed by atoms with E-state index in [1.54, 1.807) is 17.0 Å². The Hall–Kier alpha value is -1.21. The highest BCUT2D eigenvalue weighted by atomic mass is 32.2. The number of carbonyl (C=O) groups excluding carboxylic acids is 2. The smallest absolute Gasteiger partial charge is 0.333 e. The van der Waals surface area contributed by atoms with Gasteiger partial charge in [0.2, 0.25) is 0 Å². The van der Waals surface area contributed by atoms with Crippen molar-refractivity contribution in [2.45, 2.75) is 0 Å². The number of hydrogen-bond donors (Lipinski definition) is 1. The predicted molar refractivity (Wildman–Crippen MR) is 70.7 cm³/mol. The van der Waals surface area contributed by atoms with E-state index in [-0.39, 0.29) is 6.03 Å². The summed E-state index contributed by atoms with van der Waals surface area (Å²) in [5.74, 6) is 1.81. The van der Waals surface area contributed by atoms with E-state index >= 15 is 0 Å². The van der Waals surface area contributed by atoms with Crippen molar-refractivity contribution in [1.29, 1.82) is 0 Å². The summed E-state index contributed by atoms with van der Waals surface area (Å²) >= 11 is 3.13. The second kappa shape index (κ2) is 5.42. The molecule has 92 valence electrons. The number of carbonyl (C=O) groups is 2. The van der Waals surface area contributed by atoms with E-state index in [9.17, 15) is 9.59 Å². The van der Waals surface area contributed by atoms with Gasteiger partial charge in [0, 0.05) is 24.6 Å². The van der Waals surface area contributed by atoms with Crippen molar-refractivity contribution in [3.8, 4) is 0 Å². The summed E-state index contributed by atoms with van der Waals surface area (Å²) < 4.78 is 0. The van der Waals surface area contributed by atoms with Crippen LogP contribution in [0.4, 0.5) is 14.6 Å². The first-order valence-corrected chi connectivity index (χ1v) is 7.23. The molecule has 1 aliphatic heterocycles. The van der Waals surface area contributed by atoms with Crippen molar-refractivity contribution < 1.29 is 9.59 Å². The Kier molecular flexibility index (Phi) is 3.90. The Balaban J connectivity index is 2.16. The van der Waals surface area contributed by atoms with Crippen molar-refractivity contribution in [2.24, 2.45) is 5.73 Å². The highest BCUT2D eigenvalue weighted by Gasteiger charge is 2.28. The van der Waals surface area contributed by atoms with Crippen LogP contribution in [0.1, 0.15) is 0 Å². The fourth-order valence-electron chi connectivity index (χ4n) is 1.59. The fourth-order valence-corrected chi connectivity index (χ4v) is 3.22. The van der Waals surface area contributed by atoms with E-state index in [0.717, 1.165) is 16.4 Å². The molecule has 1 fully saturated rings. The molecule has 5 nitrogen and oxygen atoms in total. The lowest BCUT2D eigenvalue weighted by Crippen LogP contribution is -2.50. The third-order valence-electron chi connectivity index (χ3n) is 2.42. The number of amides is 4. The Labute approximate surface area is 108 Å². The van der Waals surface area contributed by atoms with Crippen LogP contribution in [0.2, 0.25) is 0 Å². The average molecular weight is 271 g/mol. The first-order valence-electron chi connectivity index (χ1n) is 5.20. The third kappa shape index (κ3) is 2.73. The molecular formula is C10H13N3O2S2. The van der Waals surface area contributed by atoms with Crippen LogP contribution in [0.15, 0.2) is 17.5 Å². The topological polar surface area (TPSA) is 66.6 Å². The van der Waals surface area contributed by atoms with Crippen LogP contribution >= 0.6 is 23.1 Å². The predicted octanol–water partition coefficient (Wildman–Crippen LogP) is 1.80. The minimum atomic E-state index is -0.726. The van der Waals surface area contributed by atoms with Crippen LogP contribution in [0.3, 0.4) is 0 Å². The zero-order chi connectivity index (χ0) is 12.3. The second-order valence-corrected chi connectivity index (χ2v) is 5.66. The molecule has 0 saturated carbocycles. The van der Waals surface area contributed by atoms with Crippen molar-refractivity contribution in [3.63, 3.8) is 0 Å². The van der Waals surface area contributed by atoms with E-state index in [4.69, 9.17) is 5.73 Å². The number of primary amides is 1. The van der Waals surface area contributed by atoms with Crippen molar-refractivity contribution in [3.05, 3.63) is 17.5 Å². The molecule has 0 atom stereocenters. The maximum Gasteiger partial charge on any atom is 0.333 e. The number of hydrogen-bond acceptors (Lipinski definition) is 4. The summed E-state index contributed by atoms with van der Waals surface area (Å²) in [6.45, 7) is 1.33. The fraction of sp³-hybridized carbons (Fsp3) is 0.400. The van der Waals surface area contributed by atoms with Gasteiger partial charge < -0.3 is 10.6 Å². The van der Waals surface area contributed by atoms with Crippen molar-refractivity contribution in [2.75, 3.05) is 29.5 Å². The molecule has 2 heterocycles. The van der Waals surface area contributed by atoms with E-state index in [1.807, 2.05) is 17.1 Å². The minimum Gasteiger partial charge on any atom is -0.351 e. The monoisotopic (exact) mass is 271 g/mol. The Morgan fingerprint density at radius 3 is 2.59 bits per heavy atom. The molecule has 0 spiro atoms. The molecule has 0 bridgehead atoms. The normalized spacial score (nSPS) is 15.6. The lowest BCUT2D eigenvalue weighted by atomic mass is 10.5. The molecule has 7 heteroatoms. The second-order valence-electron chi connectivity index (χ2n) is 3.51. The van der Waals surface area contributed by atoms with Crippen molar-refractivity contribution >= 4 is 40.2 Å². The number of thioether (sulfide) groups is 1. The molecule has 0 unspecified atom stereocenters. The van der Waals surface area contributed by atoms with Gasteiger partial charge in [0.1, 0.15) is 5.00 Å². The lowest BCUT2D eigenvalue weighted by Gasteiger charge is -2.30. The van der Waals surface area contributed by atoms with Gasteiger partial charge in [-0.05, 0) is 17.5 Å². The summed E-state index contributed by atoms with van der Waals surface area (Å²) in [5.41, 5.74) is 5.28. The van der Waals surface area contributed by atoms with Gasteiger partial charge in [0.25, 0.3) is 0 Å². The van der Waals surface area contributed by atoms with Crippen molar-refractivity contribution in [1.82, 2.24) is 4.90 Å². The Bertz CT molecular complexity index is 402. The van der Waals surface area contributed by atoms with Gasteiger partial charge in [-0.3, -0.25) is 0 Å². The summed E-state index contributed by atoms with van der Waals surface area (Å²) in [4.78, 5) is 26.3. The number of nitrogens with two attached hydrogens (primary N) is 1. The summed E-state index contributed by atoms with van der Waals surface area (Å²) in [6.07, 6.45) is 0. The molecule has 4 amide bonds. The van der Waals surface area contributed by atoms with E-state index in [2.05, 4.69) is 0 Å². The highest BCUT2D eigenvalue weighted by molar-refractivity contribution is 7.99. The Morgan fingerprint density at radius 2 is 2.06 bits per heavy atom. The van der Waals surface area contributed by atoms with Gasteiger partial charge >= 0.3 is 12.1 Å². The lowest BCUT2D eigenvalue weighted by molar-refractivity contribution is 0.208. The molecule has 1 aliphatic rings. The Morgan fingerprint density at radius 1 is 1.35 bits per heavy atom. The minimum absolute atomic E-state index is 0.319. The van der Waals surface area contributed by atoms with Gasteiger partial charge in [-0.1, -0.05) is 0 Å². The first-order chi connectivity index (χ1) is 8.20. The molecule has 2 rings (SSSR count). The van der Waals surface area contributed by atoms with Crippen LogP contribution in [0.5, 0.6) is 0 Å². The molecule has 1 aromatic heterocycles. The molecule has 17 heavy (non-hydrogen) atoms. The third-order valence-corrected chi connectivity index (χ3v) is 4.22. The quantitative estimate of drug-likeness (QED) is 0.847. The number of nitrogens with zero attached hydrogens (tertiary/aromatic N) is 2. The van der Waals surface area contributed by atoms with Crippen LogP contribution in [-0.2, 0) is 0 Å². The molecule has 0 aliphatic carbocycles. The maximum atomic E-state index is 12.2. The molecule has 1 saturated heterocycles. The van der Waals surface area contributed by atoms with Gasteiger partial charge in [0.05, 0.1) is 0 Å². The number of anilines is 1. The first kappa shape index (κ1) is 12.3. The SMILES string of the molecule is NC(=O)N(C(=O)N1CCSCC1)c1cccs1. The summed E-state index contributed by atoms with van der Waals surface area (Å²) in [7, 11) is 0. The highest BCUT2D eigenvalue weighted by Crippen LogP contribution is 2.23. The van der Waals surface area contributed by atoms with Crippen LogP contribution < -0.4 is 10.6 Å². The molecule has 0 radical (unpaired) electrons. The number of thiophene rings is 1. The number of imide groups is 1. The number of urea groups is 2. The molecule has 0 aromatic carbocycles. The van der Waals surface area contributed by atoms with Gasteiger partial charge in [-0.15, -0.1) is 11.3 Å². The maximum absolute atomic E-state index is 12.2. The van der Waals surface area contributed by atoms with Gasteiger partial charge in [0.15, 0.2) is 0 Å². The zero-order valence-electron chi connectivity index (χ0n) is 9.17. The molecule has 1 aromatic rings. The largest absolute Gasteiger partial charge is 0.351 e. The van der Waals surface area contributed by atoms with E-state index in [0.29, 0.717) is 18.1 Å². The van der Waals surface area contributed by atoms with Gasteiger partial charge in [-0.2, -0.15) is 11.8 Å². The summed E-state index contributed by atoms with van der Waals surface area (Å²) in [6, 6.07) is 2.46. The average Bonchev–Trinajstić information content (AvgIpc) is 2.83. The van der Waals surface area contributed by atoms with Crippen LogP contribution in [-0.4, -0.2) is 41.6 Å². The van der Waals surface area contributed by atoms with E-state index < -0.39 is 6.03 Å². The zero-order valence-corrected chi connectivity index (χ0v) is 10.8. The van der Waals surface area contributed by atoms with Crippen LogP contribution in [0.25, 0.3) is 0 Å². The van der Waals surface area contributed by atoms with Crippen LogP contribution in [0, 0.1) is 0 Å². The number of rotatable bonds is 1. The molecule has 2 N–H and O–H groups in total. The standard InChI is InChI=1S/C10H13N3O2S2/c11-9(14)13(8-2-1-5-17-8)10(15)12-3-6-16-7-4-12/h1-2,5H,3-4,6-7H2,(H2,11,14).